The Morgan fingerprint density at radius 3 is 2.68 bits per heavy atom. The average Bonchev–Trinajstić information content (AvgIpc) is 2.79. The standard InChI is InChI=1S/C12H21N5SSi/c1-18(2)7-8-19(3,4)17(18)12-10-5-6-11(13)16(10)15-9-14-12/h5-6,9H,7-8,13H2,1-4H3. The second-order valence-electron chi connectivity index (χ2n) is 6.18. The summed E-state index contributed by atoms with van der Waals surface area (Å²) < 4.78 is 4.43. The van der Waals surface area contributed by atoms with Crippen molar-refractivity contribution in [3.63, 3.8) is 0 Å². The van der Waals surface area contributed by atoms with Crippen LogP contribution >= 0.6 is 10.2 Å². The summed E-state index contributed by atoms with van der Waals surface area (Å²) >= 11 is 0. The number of aromatic nitrogens is 3. The first-order valence-electron chi connectivity index (χ1n) is 6.43. The molecule has 1 fully saturated rings. The molecule has 1 saturated heterocycles. The molecule has 5 nitrogen and oxygen atoms in total. The Morgan fingerprint density at radius 1 is 1.32 bits per heavy atom. The predicted octanol–water partition coefficient (Wildman–Crippen LogP) is 2.32. The van der Waals surface area contributed by atoms with Crippen LogP contribution in [-0.4, -0.2) is 41.1 Å². The first kappa shape index (κ1) is 12.8. The van der Waals surface area contributed by atoms with E-state index < -0.39 is 18.4 Å². The lowest BCUT2D eigenvalue weighted by Gasteiger charge is -2.44. The van der Waals surface area contributed by atoms with Crippen LogP contribution in [0.2, 0.25) is 19.1 Å². The molecule has 7 heteroatoms. The number of rotatable bonds is 1. The van der Waals surface area contributed by atoms with Gasteiger partial charge in [0.15, 0.2) is 14.1 Å². The van der Waals surface area contributed by atoms with Crippen molar-refractivity contribution in [2.75, 3.05) is 28.0 Å². The van der Waals surface area contributed by atoms with Crippen molar-refractivity contribution in [2.24, 2.45) is 0 Å². The van der Waals surface area contributed by atoms with Crippen molar-refractivity contribution < 1.29 is 0 Å². The van der Waals surface area contributed by atoms with Gasteiger partial charge in [0, 0.05) is 0 Å². The van der Waals surface area contributed by atoms with E-state index in [0.717, 1.165) is 11.3 Å². The highest BCUT2D eigenvalue weighted by atomic mass is 32.3. The minimum atomic E-state index is -1.43. The zero-order valence-corrected chi connectivity index (χ0v) is 13.7. The molecule has 3 rings (SSSR count). The zero-order chi connectivity index (χ0) is 13.8. The van der Waals surface area contributed by atoms with Gasteiger partial charge >= 0.3 is 0 Å². The van der Waals surface area contributed by atoms with E-state index in [1.54, 1.807) is 10.8 Å². The van der Waals surface area contributed by atoms with Crippen LogP contribution in [0.5, 0.6) is 0 Å². The Kier molecular flexibility index (Phi) is 2.62. The first-order valence-corrected chi connectivity index (χ1v) is 12.2. The molecule has 0 atom stereocenters. The van der Waals surface area contributed by atoms with Gasteiger partial charge in [0.05, 0.1) is 0 Å². The topological polar surface area (TPSA) is 59.5 Å². The third-order valence-electron chi connectivity index (χ3n) is 3.91. The number of anilines is 2. The molecule has 0 spiro atoms. The van der Waals surface area contributed by atoms with Crippen LogP contribution in [0.4, 0.5) is 11.6 Å². The molecular weight excluding hydrogens is 274 g/mol. The molecule has 0 saturated carbocycles. The smallest absolute Gasteiger partial charge is 0.164 e. The molecule has 0 aliphatic carbocycles. The van der Waals surface area contributed by atoms with Gasteiger partial charge in [-0.3, -0.25) is 0 Å². The Hall–Kier alpha value is -1.21. The van der Waals surface area contributed by atoms with Crippen LogP contribution in [0.15, 0.2) is 18.5 Å². The number of hydrogen-bond donors (Lipinski definition) is 1. The summed E-state index contributed by atoms with van der Waals surface area (Å²) in [4.78, 5) is 4.59. The molecule has 19 heavy (non-hydrogen) atoms. The molecular formula is C12H21N5SSi. The molecule has 1 aliphatic heterocycles. The summed E-state index contributed by atoms with van der Waals surface area (Å²) in [6.07, 6.45) is 6.40. The number of nitrogens with zero attached hydrogens (tertiary/aromatic N) is 4. The van der Waals surface area contributed by atoms with E-state index in [4.69, 9.17) is 5.73 Å². The van der Waals surface area contributed by atoms with Crippen molar-refractivity contribution in [1.29, 1.82) is 0 Å². The molecule has 0 bridgehead atoms. The summed E-state index contributed by atoms with van der Waals surface area (Å²) in [5.74, 6) is 3.05. The highest BCUT2D eigenvalue weighted by Gasteiger charge is 2.45. The van der Waals surface area contributed by atoms with Gasteiger partial charge in [-0.2, -0.15) is 15.3 Å². The zero-order valence-electron chi connectivity index (χ0n) is 11.9. The van der Waals surface area contributed by atoms with Crippen LogP contribution in [0, 0.1) is 0 Å². The molecule has 0 amide bonds. The van der Waals surface area contributed by atoms with Gasteiger partial charge in [0.25, 0.3) is 0 Å². The van der Waals surface area contributed by atoms with Gasteiger partial charge in [-0.25, -0.2) is 9.50 Å². The van der Waals surface area contributed by atoms with E-state index in [1.807, 2.05) is 12.1 Å². The van der Waals surface area contributed by atoms with Gasteiger partial charge in [-0.05, 0) is 36.4 Å². The number of hydrogen-bond acceptors (Lipinski definition) is 4. The lowest BCUT2D eigenvalue weighted by atomic mass is 10.5. The number of nitrogen functional groups attached to an aromatic ring is 1. The molecule has 0 aromatic carbocycles. The van der Waals surface area contributed by atoms with Crippen LogP contribution in [-0.2, 0) is 0 Å². The maximum absolute atomic E-state index is 5.95. The second-order valence-corrected chi connectivity index (χ2v) is 14.8. The fourth-order valence-corrected chi connectivity index (χ4v) is 14.6. The molecule has 1 aliphatic rings. The molecule has 2 aromatic rings. The minimum Gasteiger partial charge on any atom is -0.384 e. The predicted molar refractivity (Wildman–Crippen MR) is 86.5 cm³/mol. The van der Waals surface area contributed by atoms with Crippen LogP contribution < -0.4 is 9.70 Å². The average molecular weight is 295 g/mol. The summed E-state index contributed by atoms with van der Waals surface area (Å²) in [6.45, 7) is 4.86. The SMILES string of the molecule is C[Si]1(C)CCS(C)(C)N1c1ncnn2c(N)ccc12. The van der Waals surface area contributed by atoms with E-state index >= 15 is 0 Å². The maximum Gasteiger partial charge on any atom is 0.164 e. The van der Waals surface area contributed by atoms with E-state index in [9.17, 15) is 0 Å². The fraction of sp³-hybridized carbons (Fsp3) is 0.500. The Labute approximate surface area is 116 Å². The van der Waals surface area contributed by atoms with E-state index in [2.05, 4.69) is 39.7 Å². The fourth-order valence-electron chi connectivity index (χ4n) is 2.98. The molecule has 0 unspecified atom stereocenters. The van der Waals surface area contributed by atoms with Crippen LogP contribution in [0.25, 0.3) is 5.52 Å². The highest BCUT2D eigenvalue weighted by Crippen LogP contribution is 2.57. The quantitative estimate of drug-likeness (QED) is 0.820. The molecule has 104 valence electrons. The minimum absolute atomic E-state index is 0.671. The second kappa shape index (κ2) is 3.89. The third kappa shape index (κ3) is 1.83. The van der Waals surface area contributed by atoms with Crippen molar-refractivity contribution in [1.82, 2.24) is 14.6 Å². The molecule has 2 aromatic heterocycles. The van der Waals surface area contributed by atoms with Crippen molar-refractivity contribution in [2.45, 2.75) is 19.1 Å². The molecule has 0 radical (unpaired) electrons. The summed E-state index contributed by atoms with van der Waals surface area (Å²) in [5.41, 5.74) is 6.98. The van der Waals surface area contributed by atoms with E-state index in [-0.39, 0.29) is 0 Å². The Balaban J connectivity index is 2.24. The van der Waals surface area contributed by atoms with Gasteiger partial charge in [-0.15, -0.1) is 0 Å². The van der Waals surface area contributed by atoms with Gasteiger partial charge in [-0.1, -0.05) is 13.1 Å². The highest BCUT2D eigenvalue weighted by molar-refractivity contribution is 8.35. The third-order valence-corrected chi connectivity index (χ3v) is 12.4. The Morgan fingerprint density at radius 2 is 2.05 bits per heavy atom. The van der Waals surface area contributed by atoms with Crippen molar-refractivity contribution in [3.8, 4) is 0 Å². The summed E-state index contributed by atoms with van der Waals surface area (Å²) in [5, 5.41) is 4.25. The van der Waals surface area contributed by atoms with E-state index in [0.29, 0.717) is 5.82 Å². The lowest BCUT2D eigenvalue weighted by Crippen LogP contribution is -2.44. The summed E-state index contributed by atoms with van der Waals surface area (Å²) in [7, 11) is -2.21. The van der Waals surface area contributed by atoms with Crippen LogP contribution in [0.3, 0.4) is 0 Å². The van der Waals surface area contributed by atoms with Gasteiger partial charge in [0.2, 0.25) is 0 Å². The Bertz CT molecular complexity index is 620. The van der Waals surface area contributed by atoms with Crippen molar-refractivity contribution in [3.05, 3.63) is 18.5 Å². The number of nitrogens with two attached hydrogens (primary N) is 1. The van der Waals surface area contributed by atoms with E-state index in [1.165, 1.54) is 11.8 Å². The number of fused-ring (bicyclic) bond motifs is 1. The first-order chi connectivity index (χ1) is 8.83. The van der Waals surface area contributed by atoms with Crippen molar-refractivity contribution >= 4 is 35.6 Å². The lowest BCUT2D eigenvalue weighted by molar-refractivity contribution is 0.913. The normalized spacial score (nSPS) is 22.8. The maximum atomic E-state index is 5.95. The van der Waals surface area contributed by atoms with Crippen LogP contribution in [0.1, 0.15) is 0 Å². The monoisotopic (exact) mass is 295 g/mol. The largest absolute Gasteiger partial charge is 0.384 e. The van der Waals surface area contributed by atoms with Gasteiger partial charge < -0.3 is 9.70 Å². The molecule has 3 heterocycles. The van der Waals surface area contributed by atoms with Gasteiger partial charge in [0.1, 0.15) is 17.7 Å². The summed E-state index contributed by atoms with van der Waals surface area (Å²) in [6, 6.07) is 5.27. The molecule has 2 N–H and O–H groups in total.